The van der Waals surface area contributed by atoms with E-state index in [1.54, 1.807) is 0 Å². The first-order chi connectivity index (χ1) is 8.61. The molecular formula is C12H15F3N2O2. The van der Waals surface area contributed by atoms with Crippen molar-refractivity contribution in [1.82, 2.24) is 4.57 Å². The van der Waals surface area contributed by atoms with E-state index in [0.29, 0.717) is 6.07 Å². The Hall–Kier alpha value is -1.79. The minimum Gasteiger partial charge on any atom is -0.345 e. The second kappa shape index (κ2) is 5.46. The average Bonchev–Trinajstić information content (AvgIpc) is 2.19. The summed E-state index contributed by atoms with van der Waals surface area (Å²) in [5.74, 6) is -0.301. The number of pyridine rings is 1. The molecule has 1 aromatic heterocycles. The number of nitrogens with zero attached hydrogens (tertiary/aromatic N) is 1. The third kappa shape index (κ3) is 4.11. The Kier molecular flexibility index (Phi) is 4.39. The summed E-state index contributed by atoms with van der Waals surface area (Å²) in [6.45, 7) is 3.65. The molecule has 0 unspecified atom stereocenters. The zero-order chi connectivity index (χ0) is 14.8. The quantitative estimate of drug-likeness (QED) is 0.921. The Morgan fingerprint density at radius 3 is 2.47 bits per heavy atom. The van der Waals surface area contributed by atoms with Crippen LogP contribution in [0.4, 0.5) is 18.9 Å². The van der Waals surface area contributed by atoms with E-state index in [-0.39, 0.29) is 18.0 Å². The van der Waals surface area contributed by atoms with Gasteiger partial charge >= 0.3 is 6.18 Å². The molecule has 106 valence electrons. The Balaban J connectivity index is 3.04. The molecule has 0 radical (unpaired) electrons. The number of halogens is 3. The summed E-state index contributed by atoms with van der Waals surface area (Å²) in [5, 5.41) is 2.32. The van der Waals surface area contributed by atoms with Crippen LogP contribution in [0.25, 0.3) is 0 Å². The molecule has 0 saturated carbocycles. The minimum absolute atomic E-state index is 0.0956. The van der Waals surface area contributed by atoms with Crippen LogP contribution in [0.2, 0.25) is 0 Å². The molecule has 0 saturated heterocycles. The SMILES string of the molecule is CC(C)CC(=O)Nc1cn(C)c(C(F)(F)F)cc1=O. The number of amides is 1. The lowest BCUT2D eigenvalue weighted by atomic mass is 10.1. The first-order valence-corrected chi connectivity index (χ1v) is 5.69. The molecule has 0 bridgehead atoms. The van der Waals surface area contributed by atoms with Crippen molar-refractivity contribution < 1.29 is 18.0 Å². The number of aromatic nitrogens is 1. The molecule has 0 aliphatic carbocycles. The summed E-state index contributed by atoms with van der Waals surface area (Å²) < 4.78 is 38.4. The van der Waals surface area contributed by atoms with E-state index in [1.165, 1.54) is 7.05 Å². The van der Waals surface area contributed by atoms with Gasteiger partial charge in [-0.25, -0.2) is 0 Å². The summed E-state index contributed by atoms with van der Waals surface area (Å²) in [7, 11) is 1.17. The van der Waals surface area contributed by atoms with Crippen molar-refractivity contribution >= 4 is 11.6 Å². The Labute approximate surface area is 108 Å². The van der Waals surface area contributed by atoms with E-state index in [2.05, 4.69) is 5.32 Å². The van der Waals surface area contributed by atoms with Crippen molar-refractivity contribution in [2.75, 3.05) is 5.32 Å². The smallest absolute Gasteiger partial charge is 0.345 e. The molecule has 0 aliphatic heterocycles. The maximum absolute atomic E-state index is 12.5. The molecule has 0 atom stereocenters. The maximum atomic E-state index is 12.5. The number of rotatable bonds is 3. The fraction of sp³-hybridized carbons (Fsp3) is 0.500. The first kappa shape index (κ1) is 15.3. The lowest BCUT2D eigenvalue weighted by Crippen LogP contribution is -2.24. The van der Waals surface area contributed by atoms with Gasteiger partial charge in [0.15, 0.2) is 0 Å². The number of carbonyl (C=O) groups excluding carboxylic acids is 1. The first-order valence-electron chi connectivity index (χ1n) is 5.69. The van der Waals surface area contributed by atoms with Gasteiger partial charge in [0.1, 0.15) is 11.4 Å². The normalized spacial score (nSPS) is 11.7. The van der Waals surface area contributed by atoms with Crippen molar-refractivity contribution in [3.05, 3.63) is 28.2 Å². The van der Waals surface area contributed by atoms with Crippen LogP contribution in [0.15, 0.2) is 17.1 Å². The fourth-order valence-corrected chi connectivity index (χ4v) is 1.58. The molecule has 1 heterocycles. The summed E-state index contributed by atoms with van der Waals surface area (Å²) in [6, 6.07) is 0.477. The average molecular weight is 276 g/mol. The van der Waals surface area contributed by atoms with Crippen LogP contribution in [0.1, 0.15) is 26.0 Å². The number of hydrogen-bond donors (Lipinski definition) is 1. The lowest BCUT2D eigenvalue weighted by Gasteiger charge is -2.14. The summed E-state index contributed by atoms with van der Waals surface area (Å²) in [6.07, 6.45) is -3.43. The van der Waals surface area contributed by atoms with Crippen molar-refractivity contribution in [1.29, 1.82) is 0 Å². The van der Waals surface area contributed by atoms with Gasteiger partial charge in [-0.05, 0) is 5.92 Å². The van der Waals surface area contributed by atoms with Gasteiger partial charge in [0.25, 0.3) is 0 Å². The molecule has 0 aliphatic rings. The number of nitrogens with one attached hydrogen (secondary N) is 1. The van der Waals surface area contributed by atoms with Crippen LogP contribution in [-0.4, -0.2) is 10.5 Å². The van der Waals surface area contributed by atoms with E-state index >= 15 is 0 Å². The van der Waals surface area contributed by atoms with E-state index in [0.717, 1.165) is 10.8 Å². The molecule has 1 aromatic rings. The van der Waals surface area contributed by atoms with Crippen molar-refractivity contribution in [2.45, 2.75) is 26.4 Å². The van der Waals surface area contributed by atoms with Crippen LogP contribution >= 0.6 is 0 Å². The molecule has 19 heavy (non-hydrogen) atoms. The second-order valence-electron chi connectivity index (χ2n) is 4.69. The molecule has 4 nitrogen and oxygen atoms in total. The van der Waals surface area contributed by atoms with Crippen molar-refractivity contribution in [3.8, 4) is 0 Å². The summed E-state index contributed by atoms with van der Waals surface area (Å²) in [4.78, 5) is 23.0. The van der Waals surface area contributed by atoms with Crippen molar-refractivity contribution in [2.24, 2.45) is 13.0 Å². The highest BCUT2D eigenvalue weighted by Crippen LogP contribution is 2.28. The number of carbonyl (C=O) groups is 1. The Bertz CT molecular complexity index is 533. The summed E-state index contributed by atoms with van der Waals surface area (Å²) >= 11 is 0. The largest absolute Gasteiger partial charge is 0.431 e. The predicted molar refractivity (Wildman–Crippen MR) is 64.8 cm³/mol. The van der Waals surface area contributed by atoms with Crippen LogP contribution in [0.5, 0.6) is 0 Å². The number of anilines is 1. The zero-order valence-corrected chi connectivity index (χ0v) is 10.8. The molecule has 1 N–H and O–H groups in total. The van der Waals surface area contributed by atoms with E-state index in [1.807, 2.05) is 13.8 Å². The standard InChI is InChI=1S/C12H15F3N2O2/c1-7(2)4-11(19)16-8-6-17(3)10(5-9(8)18)12(13,14)15/h5-7H,4H2,1-3H3,(H,16,19). The van der Waals surface area contributed by atoms with E-state index in [4.69, 9.17) is 0 Å². The molecule has 0 aromatic carbocycles. The lowest BCUT2D eigenvalue weighted by molar-refractivity contribution is -0.143. The third-order valence-electron chi connectivity index (χ3n) is 2.39. The second-order valence-corrected chi connectivity index (χ2v) is 4.69. The number of hydrogen-bond acceptors (Lipinski definition) is 2. The van der Waals surface area contributed by atoms with Crippen LogP contribution in [-0.2, 0) is 18.0 Å². The minimum atomic E-state index is -4.60. The monoisotopic (exact) mass is 276 g/mol. The topological polar surface area (TPSA) is 51.1 Å². The van der Waals surface area contributed by atoms with Gasteiger partial charge in [0.2, 0.25) is 11.3 Å². The summed E-state index contributed by atoms with van der Waals surface area (Å²) in [5.41, 5.74) is -2.07. The number of aryl methyl sites for hydroxylation is 1. The van der Waals surface area contributed by atoms with Gasteiger partial charge in [-0.15, -0.1) is 0 Å². The highest BCUT2D eigenvalue weighted by Gasteiger charge is 2.33. The van der Waals surface area contributed by atoms with Crippen LogP contribution in [0, 0.1) is 5.92 Å². The fourth-order valence-electron chi connectivity index (χ4n) is 1.58. The predicted octanol–water partition coefficient (Wildman–Crippen LogP) is 2.39. The van der Waals surface area contributed by atoms with Gasteiger partial charge in [-0.1, -0.05) is 13.8 Å². The maximum Gasteiger partial charge on any atom is 0.431 e. The van der Waals surface area contributed by atoms with Crippen molar-refractivity contribution in [3.63, 3.8) is 0 Å². The van der Waals surface area contributed by atoms with Gasteiger partial charge in [-0.3, -0.25) is 9.59 Å². The molecule has 1 amide bonds. The molecule has 0 fully saturated rings. The molecular weight excluding hydrogens is 261 g/mol. The van der Waals surface area contributed by atoms with Gasteiger partial charge < -0.3 is 9.88 Å². The van der Waals surface area contributed by atoms with Crippen LogP contribution < -0.4 is 10.7 Å². The van der Waals surface area contributed by atoms with Gasteiger partial charge in [-0.2, -0.15) is 13.2 Å². The highest BCUT2D eigenvalue weighted by molar-refractivity contribution is 5.90. The van der Waals surface area contributed by atoms with E-state index in [9.17, 15) is 22.8 Å². The van der Waals surface area contributed by atoms with E-state index < -0.39 is 23.2 Å². The van der Waals surface area contributed by atoms with Crippen LogP contribution in [0.3, 0.4) is 0 Å². The Morgan fingerprint density at radius 2 is 2.00 bits per heavy atom. The Morgan fingerprint density at radius 1 is 1.42 bits per heavy atom. The van der Waals surface area contributed by atoms with Gasteiger partial charge in [0.05, 0.1) is 0 Å². The zero-order valence-electron chi connectivity index (χ0n) is 10.8. The third-order valence-corrected chi connectivity index (χ3v) is 2.39. The van der Waals surface area contributed by atoms with Gasteiger partial charge in [0, 0.05) is 25.7 Å². The molecule has 7 heteroatoms. The molecule has 0 spiro atoms. The number of alkyl halides is 3. The highest BCUT2D eigenvalue weighted by atomic mass is 19.4. The molecule has 1 rings (SSSR count).